The Morgan fingerprint density at radius 2 is 1.83 bits per heavy atom. The molecule has 0 saturated heterocycles. The highest BCUT2D eigenvalue weighted by Crippen LogP contribution is 2.23. The van der Waals surface area contributed by atoms with E-state index in [-0.39, 0.29) is 6.03 Å². The molecule has 2 amide bonds. The molecule has 1 heterocycles. The maximum Gasteiger partial charge on any atom is 0.326 e. The molecule has 0 fully saturated rings. The van der Waals surface area contributed by atoms with E-state index < -0.39 is 0 Å². The third-order valence-corrected chi connectivity index (χ3v) is 3.91. The number of hydrogen-bond donors (Lipinski definition) is 3. The zero-order chi connectivity index (χ0) is 16.5. The van der Waals surface area contributed by atoms with Crippen LogP contribution >= 0.6 is 0 Å². The normalized spacial score (nSPS) is 10.9. The Morgan fingerprint density at radius 1 is 1.00 bits per heavy atom. The number of nitrogens with zero attached hydrogens (tertiary/aromatic N) is 1. The molecular formula is C19H16N4O. The third kappa shape index (κ3) is 2.67. The lowest BCUT2D eigenvalue weighted by Gasteiger charge is -2.08. The van der Waals surface area contributed by atoms with Gasteiger partial charge in [0.15, 0.2) is 0 Å². The van der Waals surface area contributed by atoms with Crippen molar-refractivity contribution in [3.05, 3.63) is 66.2 Å². The monoisotopic (exact) mass is 316 g/mol. The fraction of sp³-hybridized carbons (Fsp3) is 0.0526. The van der Waals surface area contributed by atoms with Crippen LogP contribution in [-0.4, -0.2) is 16.0 Å². The quantitative estimate of drug-likeness (QED) is 0.503. The van der Waals surface area contributed by atoms with Gasteiger partial charge >= 0.3 is 6.03 Å². The molecule has 0 aliphatic rings. The summed E-state index contributed by atoms with van der Waals surface area (Å²) in [4.78, 5) is 19.8. The Labute approximate surface area is 138 Å². The number of anilines is 2. The van der Waals surface area contributed by atoms with E-state index >= 15 is 0 Å². The van der Waals surface area contributed by atoms with E-state index in [9.17, 15) is 4.79 Å². The number of carbonyl (C=O) groups excluding carboxylic acids is 1. The molecule has 3 N–H and O–H groups in total. The highest BCUT2D eigenvalue weighted by molar-refractivity contribution is 6.06. The van der Waals surface area contributed by atoms with Gasteiger partial charge in [0, 0.05) is 5.39 Å². The number of nitrogens with one attached hydrogen (secondary N) is 3. The molecule has 5 nitrogen and oxygen atoms in total. The molecule has 118 valence electrons. The number of benzene rings is 3. The van der Waals surface area contributed by atoms with Gasteiger partial charge in [0.25, 0.3) is 0 Å². The van der Waals surface area contributed by atoms with Crippen molar-refractivity contribution in [1.29, 1.82) is 0 Å². The minimum Gasteiger partial charge on any atom is -0.324 e. The van der Waals surface area contributed by atoms with Gasteiger partial charge in [0.1, 0.15) is 0 Å². The van der Waals surface area contributed by atoms with Gasteiger partial charge in [0.05, 0.1) is 16.7 Å². The number of carbonyl (C=O) groups is 1. The van der Waals surface area contributed by atoms with Crippen LogP contribution in [0, 0.1) is 6.92 Å². The van der Waals surface area contributed by atoms with Gasteiger partial charge < -0.3 is 10.3 Å². The smallest absolute Gasteiger partial charge is 0.324 e. The summed E-state index contributed by atoms with van der Waals surface area (Å²) < 4.78 is 0. The average Bonchev–Trinajstić information content (AvgIpc) is 2.96. The fourth-order valence-electron chi connectivity index (χ4n) is 2.78. The van der Waals surface area contributed by atoms with E-state index in [0.29, 0.717) is 5.95 Å². The van der Waals surface area contributed by atoms with Gasteiger partial charge in [-0.2, -0.15) is 0 Å². The molecule has 0 spiro atoms. The molecule has 24 heavy (non-hydrogen) atoms. The van der Waals surface area contributed by atoms with Crippen LogP contribution in [0.3, 0.4) is 0 Å². The van der Waals surface area contributed by atoms with E-state index in [1.165, 1.54) is 0 Å². The summed E-state index contributed by atoms with van der Waals surface area (Å²) in [6.07, 6.45) is 0. The van der Waals surface area contributed by atoms with Crippen molar-refractivity contribution in [3.8, 4) is 0 Å². The number of fused-ring (bicyclic) bond motifs is 2. The lowest BCUT2D eigenvalue weighted by Crippen LogP contribution is -2.20. The number of aryl methyl sites for hydroxylation is 1. The summed E-state index contributed by atoms with van der Waals surface area (Å²) in [5.74, 6) is 0.424. The first-order valence-corrected chi connectivity index (χ1v) is 7.71. The van der Waals surface area contributed by atoms with Crippen LogP contribution in [0.5, 0.6) is 0 Å². The summed E-state index contributed by atoms with van der Waals surface area (Å²) in [5.41, 5.74) is 3.62. The molecular weight excluding hydrogens is 300 g/mol. The Hall–Kier alpha value is -3.34. The van der Waals surface area contributed by atoms with Crippen LogP contribution in [0.4, 0.5) is 16.4 Å². The topological polar surface area (TPSA) is 69.8 Å². The van der Waals surface area contributed by atoms with Gasteiger partial charge in [-0.1, -0.05) is 42.5 Å². The predicted molar refractivity (Wildman–Crippen MR) is 97.4 cm³/mol. The van der Waals surface area contributed by atoms with E-state index in [1.54, 1.807) is 0 Å². The maximum absolute atomic E-state index is 12.3. The van der Waals surface area contributed by atoms with E-state index in [1.807, 2.05) is 67.6 Å². The molecule has 3 aromatic carbocycles. The minimum atomic E-state index is -0.331. The van der Waals surface area contributed by atoms with Crippen LogP contribution in [0.15, 0.2) is 60.7 Å². The van der Waals surface area contributed by atoms with Crippen molar-refractivity contribution in [2.24, 2.45) is 0 Å². The Balaban J connectivity index is 1.57. The first kappa shape index (κ1) is 14.3. The van der Waals surface area contributed by atoms with Crippen molar-refractivity contribution < 1.29 is 4.79 Å². The van der Waals surface area contributed by atoms with Crippen LogP contribution in [0.25, 0.3) is 21.8 Å². The largest absolute Gasteiger partial charge is 0.326 e. The van der Waals surface area contributed by atoms with Gasteiger partial charge in [-0.05, 0) is 36.1 Å². The average molecular weight is 316 g/mol. The molecule has 4 aromatic rings. The van der Waals surface area contributed by atoms with Gasteiger partial charge in [-0.3, -0.25) is 5.32 Å². The Bertz CT molecular complexity index is 1050. The van der Waals surface area contributed by atoms with E-state index in [2.05, 4.69) is 20.6 Å². The predicted octanol–water partition coefficient (Wildman–Crippen LogP) is 4.67. The van der Waals surface area contributed by atoms with Crippen molar-refractivity contribution in [2.75, 3.05) is 10.6 Å². The second-order valence-electron chi connectivity index (χ2n) is 5.71. The second kappa shape index (κ2) is 5.70. The number of imidazole rings is 1. The van der Waals surface area contributed by atoms with Gasteiger partial charge in [-0.15, -0.1) is 0 Å². The van der Waals surface area contributed by atoms with Crippen LogP contribution in [0.1, 0.15) is 5.56 Å². The van der Waals surface area contributed by atoms with Crippen molar-refractivity contribution >= 4 is 39.5 Å². The Kier molecular flexibility index (Phi) is 3.39. The van der Waals surface area contributed by atoms with Crippen LogP contribution < -0.4 is 10.6 Å². The van der Waals surface area contributed by atoms with Crippen molar-refractivity contribution in [2.45, 2.75) is 6.92 Å². The zero-order valence-electron chi connectivity index (χ0n) is 13.1. The highest BCUT2D eigenvalue weighted by Gasteiger charge is 2.09. The SMILES string of the molecule is Cc1ccc2nc(NC(=O)Nc3cccc4ccccc34)[nH]c2c1. The van der Waals surface area contributed by atoms with Crippen molar-refractivity contribution in [1.82, 2.24) is 9.97 Å². The van der Waals surface area contributed by atoms with Crippen LogP contribution in [-0.2, 0) is 0 Å². The molecule has 0 radical (unpaired) electrons. The number of aromatic amines is 1. The fourth-order valence-corrected chi connectivity index (χ4v) is 2.78. The first-order valence-electron chi connectivity index (χ1n) is 7.71. The molecule has 0 bridgehead atoms. The standard InChI is InChI=1S/C19H16N4O/c1-12-9-10-16-17(11-12)21-18(20-16)23-19(24)22-15-8-4-6-13-5-2-3-7-14(13)15/h2-11H,1H3,(H3,20,21,22,23,24). The Morgan fingerprint density at radius 3 is 2.75 bits per heavy atom. The lowest BCUT2D eigenvalue weighted by molar-refractivity contribution is 0.262. The minimum absolute atomic E-state index is 0.331. The maximum atomic E-state index is 12.3. The highest BCUT2D eigenvalue weighted by atomic mass is 16.2. The summed E-state index contributed by atoms with van der Waals surface area (Å²) in [5, 5.41) is 7.70. The lowest BCUT2D eigenvalue weighted by atomic mass is 10.1. The molecule has 4 rings (SSSR count). The van der Waals surface area contributed by atoms with E-state index in [4.69, 9.17) is 0 Å². The molecule has 0 aliphatic heterocycles. The van der Waals surface area contributed by atoms with Crippen molar-refractivity contribution in [3.63, 3.8) is 0 Å². The third-order valence-electron chi connectivity index (χ3n) is 3.91. The zero-order valence-corrected chi connectivity index (χ0v) is 13.1. The van der Waals surface area contributed by atoms with Crippen LogP contribution in [0.2, 0.25) is 0 Å². The van der Waals surface area contributed by atoms with E-state index in [0.717, 1.165) is 33.1 Å². The number of amides is 2. The molecule has 0 aliphatic carbocycles. The molecule has 0 saturated carbocycles. The number of urea groups is 1. The molecule has 1 aromatic heterocycles. The summed E-state index contributed by atoms with van der Waals surface area (Å²) in [6.45, 7) is 2.01. The summed E-state index contributed by atoms with van der Waals surface area (Å²) in [6, 6.07) is 19.3. The molecule has 0 atom stereocenters. The number of hydrogen-bond acceptors (Lipinski definition) is 2. The summed E-state index contributed by atoms with van der Waals surface area (Å²) in [7, 11) is 0. The number of rotatable bonds is 2. The molecule has 0 unspecified atom stereocenters. The number of H-pyrrole nitrogens is 1. The number of aromatic nitrogens is 2. The molecule has 5 heteroatoms. The first-order chi connectivity index (χ1) is 11.7. The second-order valence-corrected chi connectivity index (χ2v) is 5.71. The van der Waals surface area contributed by atoms with Gasteiger partial charge in [0.2, 0.25) is 5.95 Å². The summed E-state index contributed by atoms with van der Waals surface area (Å²) >= 11 is 0. The van der Waals surface area contributed by atoms with Gasteiger partial charge in [-0.25, -0.2) is 9.78 Å².